The van der Waals surface area contributed by atoms with Gasteiger partial charge in [-0.3, -0.25) is 4.98 Å². The molecule has 0 bridgehead atoms. The SMILES string of the molecule is CCNCc1ccc2ccn(Cc3cccnc3)c2c1. The minimum absolute atomic E-state index is 0.863. The summed E-state index contributed by atoms with van der Waals surface area (Å²) in [6.45, 7) is 4.91. The van der Waals surface area contributed by atoms with Crippen LogP contribution in [0.5, 0.6) is 0 Å². The number of nitrogens with one attached hydrogen (secondary N) is 1. The summed E-state index contributed by atoms with van der Waals surface area (Å²) in [6.07, 6.45) is 5.88. The van der Waals surface area contributed by atoms with Crippen LogP contribution in [-0.4, -0.2) is 16.1 Å². The fourth-order valence-corrected chi connectivity index (χ4v) is 2.44. The third-order valence-electron chi connectivity index (χ3n) is 3.49. The largest absolute Gasteiger partial charge is 0.343 e. The maximum absolute atomic E-state index is 4.18. The fourth-order valence-electron chi connectivity index (χ4n) is 2.44. The van der Waals surface area contributed by atoms with Crippen molar-refractivity contribution < 1.29 is 0 Å². The van der Waals surface area contributed by atoms with Crippen LogP contribution >= 0.6 is 0 Å². The Morgan fingerprint density at radius 1 is 1.15 bits per heavy atom. The van der Waals surface area contributed by atoms with Crippen molar-refractivity contribution in [2.24, 2.45) is 0 Å². The summed E-state index contributed by atoms with van der Waals surface area (Å²) in [6, 6.07) is 12.9. The zero-order valence-electron chi connectivity index (χ0n) is 11.7. The lowest BCUT2D eigenvalue weighted by molar-refractivity contribution is 0.726. The number of hydrogen-bond acceptors (Lipinski definition) is 2. The molecule has 2 heterocycles. The monoisotopic (exact) mass is 265 g/mol. The summed E-state index contributed by atoms with van der Waals surface area (Å²) in [5.41, 5.74) is 3.83. The predicted molar refractivity (Wildman–Crippen MR) is 82.7 cm³/mol. The Hall–Kier alpha value is -2.13. The highest BCUT2D eigenvalue weighted by atomic mass is 15.0. The first-order valence-corrected chi connectivity index (χ1v) is 7.04. The van der Waals surface area contributed by atoms with Crippen molar-refractivity contribution in [3.05, 3.63) is 66.1 Å². The average Bonchev–Trinajstić information content (AvgIpc) is 2.89. The van der Waals surface area contributed by atoms with Crippen LogP contribution in [0, 0.1) is 0 Å². The van der Waals surface area contributed by atoms with Crippen LogP contribution in [0.2, 0.25) is 0 Å². The molecule has 0 fully saturated rings. The van der Waals surface area contributed by atoms with E-state index in [1.807, 2.05) is 18.5 Å². The van der Waals surface area contributed by atoms with Crippen molar-refractivity contribution in [1.29, 1.82) is 0 Å². The molecule has 2 aromatic heterocycles. The fraction of sp³-hybridized carbons (Fsp3) is 0.235. The van der Waals surface area contributed by atoms with Crippen LogP contribution in [0.25, 0.3) is 10.9 Å². The number of rotatable bonds is 5. The molecular formula is C17H19N3. The van der Waals surface area contributed by atoms with Crippen LogP contribution in [0.4, 0.5) is 0 Å². The molecular weight excluding hydrogens is 246 g/mol. The first kappa shape index (κ1) is 12.9. The van der Waals surface area contributed by atoms with Crippen molar-refractivity contribution in [2.45, 2.75) is 20.0 Å². The Morgan fingerprint density at radius 3 is 2.90 bits per heavy atom. The number of benzene rings is 1. The summed E-state index contributed by atoms with van der Waals surface area (Å²) >= 11 is 0. The van der Waals surface area contributed by atoms with E-state index in [9.17, 15) is 0 Å². The number of nitrogens with zero attached hydrogens (tertiary/aromatic N) is 2. The first-order valence-electron chi connectivity index (χ1n) is 7.04. The van der Waals surface area contributed by atoms with Gasteiger partial charge in [-0.15, -0.1) is 0 Å². The lowest BCUT2D eigenvalue weighted by Crippen LogP contribution is -2.11. The van der Waals surface area contributed by atoms with Crippen LogP contribution in [0.1, 0.15) is 18.1 Å². The predicted octanol–water partition coefficient (Wildman–Crippen LogP) is 3.19. The molecule has 20 heavy (non-hydrogen) atoms. The molecule has 0 saturated heterocycles. The quantitative estimate of drug-likeness (QED) is 0.768. The van der Waals surface area contributed by atoms with Gasteiger partial charge < -0.3 is 9.88 Å². The Morgan fingerprint density at radius 2 is 2.10 bits per heavy atom. The second-order valence-electron chi connectivity index (χ2n) is 4.98. The van der Waals surface area contributed by atoms with Gasteiger partial charge in [0.15, 0.2) is 0 Å². The number of fused-ring (bicyclic) bond motifs is 1. The molecule has 0 saturated carbocycles. The van der Waals surface area contributed by atoms with Crippen LogP contribution < -0.4 is 5.32 Å². The highest BCUT2D eigenvalue weighted by molar-refractivity contribution is 5.80. The molecule has 3 nitrogen and oxygen atoms in total. The Balaban J connectivity index is 1.90. The zero-order valence-corrected chi connectivity index (χ0v) is 11.7. The summed E-state index contributed by atoms with van der Waals surface area (Å²) in [4.78, 5) is 4.18. The maximum atomic E-state index is 4.18. The Bertz CT molecular complexity index is 686. The van der Waals surface area contributed by atoms with E-state index >= 15 is 0 Å². The van der Waals surface area contributed by atoms with Gasteiger partial charge in [-0.25, -0.2) is 0 Å². The number of aromatic nitrogens is 2. The van der Waals surface area contributed by atoms with Gasteiger partial charge in [-0.1, -0.05) is 25.1 Å². The van der Waals surface area contributed by atoms with Crippen molar-refractivity contribution in [1.82, 2.24) is 14.9 Å². The highest BCUT2D eigenvalue weighted by Gasteiger charge is 2.03. The van der Waals surface area contributed by atoms with Crippen LogP contribution in [0.15, 0.2) is 55.0 Å². The van der Waals surface area contributed by atoms with Gasteiger partial charge in [0, 0.05) is 37.2 Å². The van der Waals surface area contributed by atoms with Gasteiger partial charge in [0.2, 0.25) is 0 Å². The molecule has 3 heteroatoms. The average molecular weight is 265 g/mol. The van der Waals surface area contributed by atoms with Crippen molar-refractivity contribution in [3.63, 3.8) is 0 Å². The van der Waals surface area contributed by atoms with Crippen molar-refractivity contribution >= 4 is 10.9 Å². The lowest BCUT2D eigenvalue weighted by Gasteiger charge is -2.07. The molecule has 0 atom stereocenters. The molecule has 0 aliphatic heterocycles. The molecule has 3 aromatic rings. The summed E-state index contributed by atoms with van der Waals surface area (Å²) in [5, 5.41) is 4.66. The van der Waals surface area contributed by atoms with E-state index in [2.05, 4.69) is 58.3 Å². The highest BCUT2D eigenvalue weighted by Crippen LogP contribution is 2.19. The normalized spacial score (nSPS) is 11.1. The van der Waals surface area contributed by atoms with E-state index in [1.54, 1.807) is 0 Å². The zero-order chi connectivity index (χ0) is 13.8. The minimum Gasteiger partial charge on any atom is -0.343 e. The molecule has 3 rings (SSSR count). The second kappa shape index (κ2) is 5.88. The third-order valence-corrected chi connectivity index (χ3v) is 3.49. The standard InChI is InChI=1S/C17H19N3/c1-2-18-11-14-5-6-16-7-9-20(17(16)10-14)13-15-4-3-8-19-12-15/h3-10,12,18H,2,11,13H2,1H3. The minimum atomic E-state index is 0.863. The molecule has 0 aliphatic carbocycles. The number of pyridine rings is 1. The second-order valence-corrected chi connectivity index (χ2v) is 4.98. The van der Waals surface area contributed by atoms with E-state index in [1.165, 1.54) is 22.0 Å². The molecule has 0 unspecified atom stereocenters. The van der Waals surface area contributed by atoms with E-state index in [-0.39, 0.29) is 0 Å². The smallest absolute Gasteiger partial charge is 0.0491 e. The van der Waals surface area contributed by atoms with Gasteiger partial charge in [0.05, 0.1) is 0 Å². The van der Waals surface area contributed by atoms with Crippen molar-refractivity contribution in [3.8, 4) is 0 Å². The number of hydrogen-bond donors (Lipinski definition) is 1. The molecule has 1 N–H and O–H groups in total. The maximum Gasteiger partial charge on any atom is 0.0491 e. The molecule has 0 radical (unpaired) electrons. The van der Waals surface area contributed by atoms with E-state index in [0.717, 1.165) is 19.6 Å². The first-order chi connectivity index (χ1) is 9.86. The molecule has 102 valence electrons. The van der Waals surface area contributed by atoms with Gasteiger partial charge >= 0.3 is 0 Å². The van der Waals surface area contributed by atoms with Crippen LogP contribution in [0.3, 0.4) is 0 Å². The topological polar surface area (TPSA) is 29.9 Å². The summed E-state index contributed by atoms with van der Waals surface area (Å²) < 4.78 is 2.28. The van der Waals surface area contributed by atoms with Gasteiger partial charge in [-0.2, -0.15) is 0 Å². The van der Waals surface area contributed by atoms with Gasteiger partial charge in [0.1, 0.15) is 0 Å². The molecule has 0 aliphatic rings. The lowest BCUT2D eigenvalue weighted by atomic mass is 10.1. The third kappa shape index (κ3) is 2.73. The van der Waals surface area contributed by atoms with Gasteiger partial charge in [-0.05, 0) is 41.3 Å². The summed E-state index contributed by atoms with van der Waals surface area (Å²) in [5.74, 6) is 0. The van der Waals surface area contributed by atoms with Crippen LogP contribution in [-0.2, 0) is 13.1 Å². The molecule has 1 aromatic carbocycles. The van der Waals surface area contributed by atoms with E-state index in [4.69, 9.17) is 0 Å². The van der Waals surface area contributed by atoms with Crippen molar-refractivity contribution in [2.75, 3.05) is 6.54 Å². The molecule has 0 amide bonds. The van der Waals surface area contributed by atoms with E-state index < -0.39 is 0 Å². The Kier molecular flexibility index (Phi) is 3.79. The van der Waals surface area contributed by atoms with Gasteiger partial charge in [0.25, 0.3) is 0 Å². The Labute approximate surface area is 119 Å². The summed E-state index contributed by atoms with van der Waals surface area (Å²) in [7, 11) is 0. The van der Waals surface area contributed by atoms with E-state index in [0.29, 0.717) is 0 Å². The molecule has 0 spiro atoms.